The fourth-order valence-electron chi connectivity index (χ4n) is 7.49. The molecule has 0 amide bonds. The van der Waals surface area contributed by atoms with Gasteiger partial charge in [0.05, 0.1) is 22.4 Å². The Morgan fingerprint density at radius 2 is 1.48 bits per heavy atom. The number of furan rings is 1. The molecule has 0 spiro atoms. The second kappa shape index (κ2) is 17.9. The van der Waals surface area contributed by atoms with Crippen molar-refractivity contribution in [2.24, 2.45) is 5.92 Å². The van der Waals surface area contributed by atoms with Gasteiger partial charge in [-0.1, -0.05) is 113 Å². The first-order valence-corrected chi connectivity index (χ1v) is 19.9. The van der Waals surface area contributed by atoms with Crippen molar-refractivity contribution in [3.8, 4) is 39.5 Å². The van der Waals surface area contributed by atoms with Crippen LogP contribution in [-0.4, -0.2) is 19.5 Å². The van der Waals surface area contributed by atoms with Gasteiger partial charge in [0.2, 0.25) is 5.71 Å². The topological polar surface area (TPSA) is 56.7 Å². The molecule has 305 valence electrons. The maximum atomic E-state index is 8.33. The molecule has 9 aromatic rings. The molecule has 0 aliphatic rings. The minimum atomic E-state index is -2.49. The maximum absolute atomic E-state index is 8.33. The van der Waals surface area contributed by atoms with E-state index in [0.29, 0.717) is 33.4 Å². The largest absolute Gasteiger partial charge is 0.486 e. The Hall–Kier alpha value is -5.68. The van der Waals surface area contributed by atoms with Crippen LogP contribution >= 0.6 is 0 Å². The number of aryl methyl sites for hydroxylation is 3. The van der Waals surface area contributed by atoms with Crippen LogP contribution in [0.1, 0.15) is 102 Å². The molecule has 0 unspecified atom stereocenters. The standard InChI is InChI=1S/C38H34N3O.C16H18N.Ir/c1-22(2)30-20-27(26-12-8-7-9-13-26)21-31(23(3)4)35(30)41-33-15-11-10-14-32(33)40-37(41)29-18-16-24(5)34-28-19-17-25(6)39-38(28)42-36(29)34;1-12(2)9-15-10-16(17-11-13(15)3)14-7-5-4-6-8-14;/h7-17,19-23H,1-6H3;4-7,10-12H,9H2,1-3H3;/q2*-1;/i5D3,6D3;3D3,9D2;. The molecule has 9 rings (SSSR count). The first kappa shape index (κ1) is 30.4. The van der Waals surface area contributed by atoms with E-state index in [4.69, 9.17) is 24.5 Å². The number of pyridine rings is 2. The molecule has 0 N–H and O–H groups in total. The molecule has 60 heavy (non-hydrogen) atoms. The van der Waals surface area contributed by atoms with Crippen molar-refractivity contribution in [1.29, 1.82) is 0 Å². The van der Waals surface area contributed by atoms with Crippen LogP contribution in [0.25, 0.3) is 72.6 Å². The first-order chi connectivity index (χ1) is 32.9. The van der Waals surface area contributed by atoms with E-state index in [1.807, 2.05) is 60.7 Å². The molecule has 1 radical (unpaired) electrons. The van der Waals surface area contributed by atoms with Gasteiger partial charge in [-0.25, -0.2) is 4.98 Å². The SMILES string of the molecule is [2H]C([2H])([2H])c1ccc2c(n1)oc1c(-c3nc4ccccc4n3-c3c(C(C)C)cc(-c4ccccc4)cc3C(C)C)[c-]cc(C([2H])([2H])[2H])c12.[2H]C([2H])([2H])c1cnc(-c2[c-]cccc2)cc1C([2H])([2H])C(C)C.[Ir]. The number of nitrogens with zero attached hydrogens (tertiary/aromatic N) is 4. The van der Waals surface area contributed by atoms with Crippen molar-refractivity contribution in [1.82, 2.24) is 19.5 Å². The van der Waals surface area contributed by atoms with E-state index in [0.717, 1.165) is 39.0 Å². The molecule has 5 nitrogen and oxygen atoms in total. The van der Waals surface area contributed by atoms with Gasteiger partial charge in [0.25, 0.3) is 0 Å². The molecule has 0 saturated heterocycles. The van der Waals surface area contributed by atoms with Crippen molar-refractivity contribution < 1.29 is 39.6 Å². The summed E-state index contributed by atoms with van der Waals surface area (Å²) in [7, 11) is 0. The van der Waals surface area contributed by atoms with Crippen LogP contribution < -0.4 is 0 Å². The summed E-state index contributed by atoms with van der Waals surface area (Å²) in [5, 5.41) is 0.759. The number of hydrogen-bond acceptors (Lipinski definition) is 4. The average molecular weight is 976 g/mol. The van der Waals surface area contributed by atoms with Gasteiger partial charge in [0.15, 0.2) is 0 Å². The summed E-state index contributed by atoms with van der Waals surface area (Å²) in [5.74, 6) is 0.463. The van der Waals surface area contributed by atoms with Crippen LogP contribution in [0.5, 0.6) is 0 Å². The fraction of sp³-hybridized carbons (Fsp3) is 0.241. The predicted octanol–water partition coefficient (Wildman–Crippen LogP) is 14.4. The van der Waals surface area contributed by atoms with E-state index in [1.54, 1.807) is 26.0 Å². The van der Waals surface area contributed by atoms with Crippen LogP contribution in [-0.2, 0) is 26.5 Å². The molecule has 4 heterocycles. The molecule has 6 heteroatoms. The second-order valence-electron chi connectivity index (χ2n) is 15.6. The first-order valence-electron chi connectivity index (χ1n) is 25.4. The summed E-state index contributed by atoms with van der Waals surface area (Å²) in [6.45, 7) is 4.84. The molecule has 0 fully saturated rings. The van der Waals surface area contributed by atoms with Crippen LogP contribution in [0.2, 0.25) is 0 Å². The number of hydrogen-bond donors (Lipinski definition) is 0. The predicted molar refractivity (Wildman–Crippen MR) is 245 cm³/mol. The van der Waals surface area contributed by atoms with Gasteiger partial charge in [-0.05, 0) is 108 Å². The normalized spacial score (nSPS) is 15.1. The third-order valence-corrected chi connectivity index (χ3v) is 10.3. The number of rotatable bonds is 8. The number of benzene rings is 5. The van der Waals surface area contributed by atoms with Gasteiger partial charge in [-0.2, -0.15) is 0 Å². The summed E-state index contributed by atoms with van der Waals surface area (Å²) in [5.41, 5.74) is 9.18. The third-order valence-electron chi connectivity index (χ3n) is 10.3. The van der Waals surface area contributed by atoms with Crippen LogP contribution in [0.3, 0.4) is 0 Å². The molecule has 4 aromatic heterocycles. The van der Waals surface area contributed by atoms with Gasteiger partial charge in [0, 0.05) is 58.1 Å². The Morgan fingerprint density at radius 3 is 2.17 bits per heavy atom. The van der Waals surface area contributed by atoms with Crippen LogP contribution in [0, 0.1) is 38.6 Å². The minimum absolute atomic E-state index is 0. The minimum Gasteiger partial charge on any atom is -0.486 e. The number of imidazole rings is 1. The zero-order chi connectivity index (χ0) is 50.7. The summed E-state index contributed by atoms with van der Waals surface area (Å²) in [4.78, 5) is 13.6. The zero-order valence-electron chi connectivity index (χ0n) is 45.3. The molecular weight excluding hydrogens is 913 g/mol. The number of fused-ring (bicyclic) bond motifs is 4. The Bertz CT molecular complexity index is 3330. The van der Waals surface area contributed by atoms with E-state index >= 15 is 0 Å². The van der Waals surface area contributed by atoms with Gasteiger partial charge < -0.3 is 14.0 Å². The molecule has 0 atom stereocenters. The van der Waals surface area contributed by atoms with Crippen LogP contribution in [0.4, 0.5) is 0 Å². The van der Waals surface area contributed by atoms with Crippen molar-refractivity contribution in [2.75, 3.05) is 0 Å². The van der Waals surface area contributed by atoms with Crippen LogP contribution in [0.15, 0.2) is 126 Å². The molecule has 0 bridgehead atoms. The quantitative estimate of drug-likeness (QED) is 0.142. The molecule has 5 aromatic carbocycles. The van der Waals surface area contributed by atoms with E-state index < -0.39 is 26.9 Å². The number of aromatic nitrogens is 4. The summed E-state index contributed by atoms with van der Waals surface area (Å²) in [6, 6.07) is 42.2. The summed E-state index contributed by atoms with van der Waals surface area (Å²) < 4.78 is 96.6. The average Bonchev–Trinajstić information content (AvgIpc) is 3.89. The van der Waals surface area contributed by atoms with E-state index in [9.17, 15) is 0 Å². The zero-order valence-corrected chi connectivity index (χ0v) is 36.7. The van der Waals surface area contributed by atoms with Gasteiger partial charge in [-0.3, -0.25) is 4.98 Å². The fourth-order valence-corrected chi connectivity index (χ4v) is 7.49. The third kappa shape index (κ3) is 8.37. The monoisotopic (exact) mass is 976 g/mol. The Balaban J connectivity index is 0.000000271. The number of para-hydroxylation sites is 2. The Kier molecular flexibility index (Phi) is 9.05. The molecule has 0 saturated carbocycles. The maximum Gasteiger partial charge on any atom is 0.216 e. The van der Waals surface area contributed by atoms with E-state index in [-0.39, 0.29) is 71.5 Å². The molecular formula is C54H52IrN4O-2. The van der Waals surface area contributed by atoms with Crippen molar-refractivity contribution in [3.05, 3.63) is 167 Å². The summed E-state index contributed by atoms with van der Waals surface area (Å²) >= 11 is 0. The molecule has 0 aliphatic carbocycles. The van der Waals surface area contributed by atoms with Gasteiger partial charge >= 0.3 is 0 Å². The molecule has 0 aliphatic heterocycles. The Labute approximate surface area is 383 Å². The van der Waals surface area contributed by atoms with E-state index in [1.165, 1.54) is 24.4 Å². The van der Waals surface area contributed by atoms with E-state index in [2.05, 4.69) is 78.6 Å². The van der Waals surface area contributed by atoms with Crippen molar-refractivity contribution in [2.45, 2.75) is 80.3 Å². The van der Waals surface area contributed by atoms with Gasteiger partial charge in [0.1, 0.15) is 0 Å². The summed E-state index contributed by atoms with van der Waals surface area (Å²) in [6.07, 6.45) is -0.491. The smallest absolute Gasteiger partial charge is 0.216 e. The van der Waals surface area contributed by atoms with Gasteiger partial charge in [-0.15, -0.1) is 53.6 Å². The second-order valence-corrected chi connectivity index (χ2v) is 15.6. The van der Waals surface area contributed by atoms with Crippen molar-refractivity contribution >= 4 is 33.1 Å². The van der Waals surface area contributed by atoms with Crippen molar-refractivity contribution in [3.63, 3.8) is 0 Å². The Morgan fingerprint density at radius 1 is 0.750 bits per heavy atom.